The van der Waals surface area contributed by atoms with Crippen LogP contribution >= 0.6 is 23.2 Å². The van der Waals surface area contributed by atoms with E-state index < -0.39 is 56.0 Å². The van der Waals surface area contributed by atoms with E-state index in [0.29, 0.717) is 75.9 Å². The summed E-state index contributed by atoms with van der Waals surface area (Å²) in [5.41, 5.74) is 5.24. The van der Waals surface area contributed by atoms with Crippen molar-refractivity contribution in [2.24, 2.45) is 41.2 Å². The molecule has 19 heteroatoms. The summed E-state index contributed by atoms with van der Waals surface area (Å²) in [4.78, 5) is 44.1. The van der Waals surface area contributed by atoms with E-state index in [1.807, 2.05) is 6.92 Å². The number of carbonyl (C=O) groups excluding carboxylic acids is 2. The Morgan fingerprint density at radius 3 is 1.44 bits per heavy atom. The van der Waals surface area contributed by atoms with Crippen molar-refractivity contribution in [3.05, 3.63) is 143 Å². The lowest BCUT2D eigenvalue weighted by atomic mass is 9.98. The molecule has 4 fully saturated rings. The first-order chi connectivity index (χ1) is 29.9. The van der Waals surface area contributed by atoms with Gasteiger partial charge in [-0.1, -0.05) is 37.0 Å². The number of nitrogens with zero attached hydrogens (tertiary/aromatic N) is 2. The van der Waals surface area contributed by atoms with Crippen molar-refractivity contribution in [2.45, 2.75) is 76.5 Å². The van der Waals surface area contributed by atoms with Crippen LogP contribution in [0.1, 0.15) is 73.1 Å². The summed E-state index contributed by atoms with van der Waals surface area (Å²) in [5, 5.41) is 31.5. The Labute approximate surface area is 369 Å². The van der Waals surface area contributed by atoms with E-state index in [-0.39, 0.29) is 29.9 Å². The highest BCUT2D eigenvalue weighted by Crippen LogP contribution is 2.60. The van der Waals surface area contributed by atoms with Gasteiger partial charge in [0.05, 0.1) is 9.85 Å². The molecule has 4 aromatic rings. The van der Waals surface area contributed by atoms with E-state index in [9.17, 15) is 51.8 Å². The molecule has 0 aromatic heterocycles. The van der Waals surface area contributed by atoms with Gasteiger partial charge >= 0.3 is 5.69 Å². The van der Waals surface area contributed by atoms with Gasteiger partial charge < -0.3 is 21.7 Å². The number of nitro groups is 2. The fraction of sp³-hybridized carbons (Fsp3) is 0.409. The lowest BCUT2D eigenvalue weighted by molar-refractivity contribution is -0.387. The quantitative estimate of drug-likeness (QED) is 0.0469. The Kier molecular flexibility index (Phi) is 14.9. The third-order valence-corrected chi connectivity index (χ3v) is 13.0. The van der Waals surface area contributed by atoms with Crippen LogP contribution < -0.4 is 21.7 Å². The van der Waals surface area contributed by atoms with E-state index in [1.54, 1.807) is 48.5 Å². The highest BCUT2D eigenvalue weighted by Gasteiger charge is 2.59. The number of amides is 2. The first kappa shape index (κ1) is 47.1. The van der Waals surface area contributed by atoms with Crippen LogP contribution in [-0.4, -0.2) is 45.8 Å². The summed E-state index contributed by atoms with van der Waals surface area (Å²) in [6, 6.07) is 17.0. The number of carbonyl (C=O) groups is 2. The molecule has 63 heavy (non-hydrogen) atoms. The molecule has 0 radical (unpaired) electrons. The number of rotatable bonds is 12. The SMILES string of the molecule is CCC(NC(=O)c1ccc(Cl)cc1)C1[C@H]2CC(N)C[C@@H]12.CCC(NC(=O)c1ccc(Cl)cc1)C1[C@H]2CC(Nc3c([N+](=O)[O-])ccc(F)c3F)C[C@@H]12.O=[N+]([O-])c1ccc(F)c(F)c1F. The van der Waals surface area contributed by atoms with E-state index in [2.05, 4.69) is 22.9 Å². The highest BCUT2D eigenvalue weighted by molar-refractivity contribution is 6.31. The summed E-state index contributed by atoms with van der Waals surface area (Å²) in [6.07, 6.45) is 5.39. The average Bonchev–Trinajstić information content (AvgIpc) is 3.97. The van der Waals surface area contributed by atoms with Crippen molar-refractivity contribution in [3.63, 3.8) is 0 Å². The minimum absolute atomic E-state index is 0.00258. The number of benzene rings is 4. The van der Waals surface area contributed by atoms with Gasteiger partial charge in [-0.05, 0) is 135 Å². The molecule has 4 saturated carbocycles. The molecule has 0 bridgehead atoms. The maximum absolute atomic E-state index is 14.2. The predicted molar refractivity (Wildman–Crippen MR) is 227 cm³/mol. The minimum atomic E-state index is -1.83. The molecule has 6 unspecified atom stereocenters. The van der Waals surface area contributed by atoms with Gasteiger partial charge in [0.25, 0.3) is 17.5 Å². The van der Waals surface area contributed by atoms with Crippen LogP contribution in [0, 0.1) is 84.8 Å². The average molecular weight is 920 g/mol. The standard InChI is InChI=1S/C22H22ClF2N3O3.C16H21ClN2O.C6H2F3NO2/c1-2-17(27-22(29)11-3-5-12(23)6-4-11)19-14-9-13(10-15(14)19)26-21-18(28(30)31)8-7-16(24)20(21)25;1-2-14(15-12-7-11(18)8-13(12)15)19-16(20)9-3-5-10(17)6-4-9;7-3-1-2-4(10(11)12)6(9)5(3)8/h3-8,13-15,17,19,26H,2,9-10H2,1H3,(H,27,29);3-6,11-15H,2,7-8,18H2,1H3,(H,19,20);1-2H/t13?,14-,15+,17?,19?;11?,12-,13+,14?,15?;. The zero-order chi connectivity index (χ0) is 45.9. The van der Waals surface area contributed by atoms with Gasteiger partial charge in [0, 0.05) is 57.5 Å². The van der Waals surface area contributed by atoms with Crippen molar-refractivity contribution in [1.82, 2.24) is 10.6 Å². The first-order valence-corrected chi connectivity index (χ1v) is 21.2. The summed E-state index contributed by atoms with van der Waals surface area (Å²) in [6.45, 7) is 4.16. The molecule has 4 aliphatic rings. The topological polar surface area (TPSA) is 183 Å². The smallest absolute Gasteiger partial charge is 0.308 e. The molecule has 0 spiro atoms. The van der Waals surface area contributed by atoms with Gasteiger partial charge in [-0.3, -0.25) is 29.8 Å². The predicted octanol–water partition coefficient (Wildman–Crippen LogP) is 10.0. The van der Waals surface area contributed by atoms with Crippen molar-refractivity contribution in [1.29, 1.82) is 0 Å². The second kappa shape index (κ2) is 20.0. The number of nitro benzene ring substituents is 2. The molecule has 2 amide bonds. The fourth-order valence-corrected chi connectivity index (χ4v) is 9.73. The number of nitrogens with two attached hydrogens (primary N) is 1. The summed E-state index contributed by atoms with van der Waals surface area (Å²) >= 11 is 11.7. The Hall–Kier alpha value is -5.39. The van der Waals surface area contributed by atoms with Crippen molar-refractivity contribution in [2.75, 3.05) is 5.32 Å². The monoisotopic (exact) mass is 918 g/mol. The summed E-state index contributed by atoms with van der Waals surface area (Å²) in [5.74, 6) is -4.46. The lowest BCUT2D eigenvalue weighted by Crippen LogP contribution is -2.38. The molecule has 10 atom stereocenters. The van der Waals surface area contributed by atoms with Crippen molar-refractivity contribution in [3.8, 4) is 0 Å². The number of nitrogens with one attached hydrogen (secondary N) is 3. The molecule has 4 aliphatic carbocycles. The van der Waals surface area contributed by atoms with Gasteiger partial charge in [-0.25, -0.2) is 17.6 Å². The van der Waals surface area contributed by atoms with Gasteiger partial charge in [0.2, 0.25) is 11.6 Å². The molecular formula is C44H45Cl2F5N6O6. The largest absolute Gasteiger partial charge is 0.374 e. The van der Waals surface area contributed by atoms with Gasteiger partial charge in [-0.2, -0.15) is 4.39 Å². The fourth-order valence-electron chi connectivity index (χ4n) is 9.47. The number of hydrogen-bond acceptors (Lipinski definition) is 8. The molecule has 8 rings (SSSR count). The maximum atomic E-state index is 14.2. The molecule has 12 nitrogen and oxygen atoms in total. The van der Waals surface area contributed by atoms with Crippen LogP contribution in [0.25, 0.3) is 0 Å². The van der Waals surface area contributed by atoms with Crippen LogP contribution in [0.3, 0.4) is 0 Å². The molecular weight excluding hydrogens is 874 g/mol. The van der Waals surface area contributed by atoms with Crippen LogP contribution in [0.15, 0.2) is 72.8 Å². The van der Waals surface area contributed by atoms with Crippen molar-refractivity contribution >= 4 is 52.1 Å². The van der Waals surface area contributed by atoms with Gasteiger partial charge in [0.1, 0.15) is 0 Å². The van der Waals surface area contributed by atoms with E-state index in [0.717, 1.165) is 49.7 Å². The minimum Gasteiger partial charge on any atom is -0.374 e. The Morgan fingerprint density at radius 1 is 0.635 bits per heavy atom. The summed E-state index contributed by atoms with van der Waals surface area (Å²) in [7, 11) is 0. The molecule has 336 valence electrons. The zero-order valence-electron chi connectivity index (χ0n) is 34.0. The van der Waals surface area contributed by atoms with Gasteiger partial charge in [0.15, 0.2) is 23.1 Å². The molecule has 0 heterocycles. The van der Waals surface area contributed by atoms with Crippen LogP contribution in [-0.2, 0) is 0 Å². The van der Waals surface area contributed by atoms with Crippen LogP contribution in [0.5, 0.6) is 0 Å². The number of halogens is 7. The Bertz CT molecular complexity index is 2320. The Morgan fingerprint density at radius 2 is 1.03 bits per heavy atom. The molecule has 0 aliphatic heterocycles. The normalized spacial score (nSPS) is 24.5. The molecule has 4 aromatic carbocycles. The highest BCUT2D eigenvalue weighted by atomic mass is 35.5. The van der Waals surface area contributed by atoms with Crippen LogP contribution in [0.2, 0.25) is 10.0 Å². The number of fused-ring (bicyclic) bond motifs is 2. The maximum Gasteiger partial charge on any atom is 0.308 e. The van der Waals surface area contributed by atoms with E-state index >= 15 is 0 Å². The number of hydrogen-bond donors (Lipinski definition) is 4. The second-order valence-corrected chi connectivity index (χ2v) is 17.2. The molecule has 0 saturated heterocycles. The van der Waals surface area contributed by atoms with Gasteiger partial charge in [-0.15, -0.1) is 0 Å². The van der Waals surface area contributed by atoms with E-state index in [4.69, 9.17) is 28.9 Å². The van der Waals surface area contributed by atoms with E-state index in [1.165, 1.54) is 0 Å². The molecule has 5 N–H and O–H groups in total. The Balaban J connectivity index is 0.000000176. The van der Waals surface area contributed by atoms with Crippen LogP contribution in [0.4, 0.5) is 39.0 Å². The third kappa shape index (κ3) is 10.9. The van der Waals surface area contributed by atoms with Crippen molar-refractivity contribution < 1.29 is 41.4 Å². The lowest BCUT2D eigenvalue weighted by Gasteiger charge is -2.23. The zero-order valence-corrected chi connectivity index (χ0v) is 35.5. The summed E-state index contributed by atoms with van der Waals surface area (Å²) < 4.78 is 64.7. The third-order valence-electron chi connectivity index (χ3n) is 12.5. The number of anilines is 1. The first-order valence-electron chi connectivity index (χ1n) is 20.5. The second-order valence-electron chi connectivity index (χ2n) is 16.3.